The van der Waals surface area contributed by atoms with Crippen molar-refractivity contribution in [3.8, 4) is 0 Å². The Morgan fingerprint density at radius 3 is 2.00 bits per heavy atom. The Kier molecular flexibility index (Phi) is 5.09. The predicted molar refractivity (Wildman–Crippen MR) is 60.8 cm³/mol. The summed E-state index contributed by atoms with van der Waals surface area (Å²) < 4.78 is 12.4. The molecule has 14 heavy (non-hydrogen) atoms. The van der Waals surface area contributed by atoms with Crippen molar-refractivity contribution in [2.45, 2.75) is 26.8 Å². The highest BCUT2D eigenvalue weighted by Gasteiger charge is 2.11. The van der Waals surface area contributed by atoms with Crippen LogP contribution in [-0.2, 0) is 0 Å². The van der Waals surface area contributed by atoms with E-state index in [1.807, 2.05) is 32.9 Å². The molecule has 1 aromatic carbocycles. The molecule has 1 atom stereocenters. The molecule has 1 nitrogen and oxygen atoms in total. The molecular formula is C11H17ClFN. The van der Waals surface area contributed by atoms with E-state index in [9.17, 15) is 4.39 Å². The van der Waals surface area contributed by atoms with Gasteiger partial charge in [-0.05, 0) is 37.5 Å². The van der Waals surface area contributed by atoms with Gasteiger partial charge in [-0.25, -0.2) is 4.39 Å². The summed E-state index contributed by atoms with van der Waals surface area (Å²) in [5.74, 6) is 0. The SMILES string of the molecule is Cc1cc(C)c([C@@H](N)CF)c(C)c1.Cl. The van der Waals surface area contributed by atoms with Crippen LogP contribution in [0.1, 0.15) is 28.3 Å². The Labute approximate surface area is 90.9 Å². The fourth-order valence-electron chi connectivity index (χ4n) is 1.85. The molecule has 1 rings (SSSR count). The minimum absolute atomic E-state index is 0. The molecule has 0 aliphatic rings. The summed E-state index contributed by atoms with van der Waals surface area (Å²) in [5, 5.41) is 0. The largest absolute Gasteiger partial charge is 0.322 e. The van der Waals surface area contributed by atoms with E-state index in [4.69, 9.17) is 5.73 Å². The lowest BCUT2D eigenvalue weighted by atomic mass is 9.95. The molecule has 0 aromatic heterocycles. The summed E-state index contributed by atoms with van der Waals surface area (Å²) in [5.41, 5.74) is 9.99. The van der Waals surface area contributed by atoms with Crippen LogP contribution in [0, 0.1) is 20.8 Å². The smallest absolute Gasteiger partial charge is 0.109 e. The molecule has 0 aliphatic carbocycles. The third kappa shape index (κ3) is 2.69. The van der Waals surface area contributed by atoms with Gasteiger partial charge in [0.25, 0.3) is 0 Å². The Hall–Kier alpha value is -0.600. The summed E-state index contributed by atoms with van der Waals surface area (Å²) >= 11 is 0. The first-order valence-electron chi connectivity index (χ1n) is 4.45. The highest BCUT2D eigenvalue weighted by molar-refractivity contribution is 5.85. The van der Waals surface area contributed by atoms with Gasteiger partial charge in [0, 0.05) is 0 Å². The molecule has 2 N–H and O–H groups in total. The predicted octanol–water partition coefficient (Wildman–Crippen LogP) is 3.00. The second-order valence-corrected chi connectivity index (χ2v) is 3.57. The van der Waals surface area contributed by atoms with Crippen LogP contribution in [0.5, 0.6) is 0 Å². The molecule has 0 radical (unpaired) electrons. The van der Waals surface area contributed by atoms with Crippen molar-refractivity contribution in [2.24, 2.45) is 5.73 Å². The Morgan fingerprint density at radius 2 is 1.64 bits per heavy atom. The lowest BCUT2D eigenvalue weighted by Gasteiger charge is -2.15. The van der Waals surface area contributed by atoms with E-state index in [1.54, 1.807) is 0 Å². The number of hydrogen-bond acceptors (Lipinski definition) is 1. The van der Waals surface area contributed by atoms with Crippen LogP contribution in [0.4, 0.5) is 4.39 Å². The van der Waals surface area contributed by atoms with Gasteiger partial charge in [-0.1, -0.05) is 17.7 Å². The molecule has 0 unspecified atom stereocenters. The maximum absolute atomic E-state index is 12.4. The molecule has 0 amide bonds. The van der Waals surface area contributed by atoms with Gasteiger partial charge < -0.3 is 5.73 Å². The number of nitrogens with two attached hydrogens (primary N) is 1. The zero-order valence-electron chi connectivity index (χ0n) is 8.80. The van der Waals surface area contributed by atoms with Crippen molar-refractivity contribution in [1.29, 1.82) is 0 Å². The monoisotopic (exact) mass is 217 g/mol. The maximum atomic E-state index is 12.4. The molecule has 0 aliphatic heterocycles. The highest BCUT2D eigenvalue weighted by Crippen LogP contribution is 2.22. The number of benzene rings is 1. The van der Waals surface area contributed by atoms with E-state index >= 15 is 0 Å². The zero-order valence-corrected chi connectivity index (χ0v) is 9.62. The number of halogens is 2. The molecule has 0 heterocycles. The Morgan fingerprint density at radius 1 is 1.21 bits per heavy atom. The van der Waals surface area contributed by atoms with E-state index in [2.05, 4.69) is 0 Å². The quantitative estimate of drug-likeness (QED) is 0.810. The highest BCUT2D eigenvalue weighted by atomic mass is 35.5. The summed E-state index contributed by atoms with van der Waals surface area (Å²) in [4.78, 5) is 0. The number of aryl methyl sites for hydroxylation is 3. The minimum Gasteiger partial charge on any atom is -0.322 e. The molecule has 0 bridgehead atoms. The van der Waals surface area contributed by atoms with Crippen LogP contribution >= 0.6 is 12.4 Å². The van der Waals surface area contributed by atoms with Gasteiger partial charge in [-0.15, -0.1) is 12.4 Å². The number of alkyl halides is 1. The first kappa shape index (κ1) is 13.4. The van der Waals surface area contributed by atoms with Crippen LogP contribution < -0.4 is 5.73 Å². The van der Waals surface area contributed by atoms with Crippen LogP contribution in [0.15, 0.2) is 12.1 Å². The van der Waals surface area contributed by atoms with Gasteiger partial charge in [0.15, 0.2) is 0 Å². The van der Waals surface area contributed by atoms with E-state index in [0.29, 0.717) is 0 Å². The van der Waals surface area contributed by atoms with E-state index in [0.717, 1.165) is 16.7 Å². The molecule has 3 heteroatoms. The lowest BCUT2D eigenvalue weighted by Crippen LogP contribution is -2.15. The summed E-state index contributed by atoms with van der Waals surface area (Å²) in [6, 6.07) is 3.61. The number of rotatable bonds is 2. The third-order valence-electron chi connectivity index (χ3n) is 2.28. The molecule has 0 spiro atoms. The Balaban J connectivity index is 0.00000169. The fraction of sp³-hybridized carbons (Fsp3) is 0.455. The van der Waals surface area contributed by atoms with Crippen molar-refractivity contribution in [3.05, 3.63) is 34.4 Å². The molecule has 80 valence electrons. The molecule has 1 aromatic rings. The second kappa shape index (κ2) is 5.32. The average Bonchev–Trinajstić information content (AvgIpc) is 2.02. The summed E-state index contributed by atoms with van der Waals surface area (Å²) in [6.07, 6.45) is 0. The zero-order chi connectivity index (χ0) is 10.0. The van der Waals surface area contributed by atoms with Gasteiger partial charge in [0.05, 0.1) is 6.04 Å². The minimum atomic E-state index is -0.495. The van der Waals surface area contributed by atoms with Crippen LogP contribution in [0.25, 0.3) is 0 Å². The van der Waals surface area contributed by atoms with Gasteiger partial charge in [-0.2, -0.15) is 0 Å². The second-order valence-electron chi connectivity index (χ2n) is 3.57. The van der Waals surface area contributed by atoms with Crippen molar-refractivity contribution < 1.29 is 4.39 Å². The van der Waals surface area contributed by atoms with Gasteiger partial charge in [0.1, 0.15) is 6.67 Å². The molecular weight excluding hydrogens is 201 g/mol. The first-order valence-corrected chi connectivity index (χ1v) is 4.45. The van der Waals surface area contributed by atoms with E-state index in [-0.39, 0.29) is 12.4 Å². The lowest BCUT2D eigenvalue weighted by molar-refractivity contribution is 0.435. The van der Waals surface area contributed by atoms with E-state index < -0.39 is 12.7 Å². The Bertz CT molecular complexity index is 289. The van der Waals surface area contributed by atoms with Crippen molar-refractivity contribution in [3.63, 3.8) is 0 Å². The number of hydrogen-bond donors (Lipinski definition) is 1. The van der Waals surface area contributed by atoms with Crippen molar-refractivity contribution >= 4 is 12.4 Å². The summed E-state index contributed by atoms with van der Waals surface area (Å²) in [7, 11) is 0. The van der Waals surface area contributed by atoms with Crippen molar-refractivity contribution in [2.75, 3.05) is 6.67 Å². The standard InChI is InChI=1S/C11H16FN.ClH/c1-7-4-8(2)11(9(3)5-7)10(13)6-12;/h4-5,10H,6,13H2,1-3H3;1H/t10-;/m0./s1. The fourth-order valence-corrected chi connectivity index (χ4v) is 1.85. The van der Waals surface area contributed by atoms with Crippen LogP contribution in [0.2, 0.25) is 0 Å². The van der Waals surface area contributed by atoms with Gasteiger partial charge in [0.2, 0.25) is 0 Å². The summed E-state index contributed by atoms with van der Waals surface area (Å²) in [6.45, 7) is 5.49. The molecule has 0 fully saturated rings. The van der Waals surface area contributed by atoms with E-state index in [1.165, 1.54) is 5.56 Å². The van der Waals surface area contributed by atoms with Gasteiger partial charge in [-0.3, -0.25) is 0 Å². The average molecular weight is 218 g/mol. The van der Waals surface area contributed by atoms with Gasteiger partial charge >= 0.3 is 0 Å². The molecule has 0 saturated heterocycles. The van der Waals surface area contributed by atoms with Crippen LogP contribution in [-0.4, -0.2) is 6.67 Å². The van der Waals surface area contributed by atoms with Crippen molar-refractivity contribution in [1.82, 2.24) is 0 Å². The first-order chi connectivity index (χ1) is 6.06. The van der Waals surface area contributed by atoms with Crippen LogP contribution in [0.3, 0.4) is 0 Å². The third-order valence-corrected chi connectivity index (χ3v) is 2.28. The maximum Gasteiger partial charge on any atom is 0.109 e. The normalized spacial score (nSPS) is 12.1. The molecule has 0 saturated carbocycles. The topological polar surface area (TPSA) is 26.0 Å².